The van der Waals surface area contributed by atoms with Gasteiger partial charge < -0.3 is 0 Å². The zero-order chi connectivity index (χ0) is 18.8. The summed E-state index contributed by atoms with van der Waals surface area (Å²) in [5.41, 5.74) is 5.95. The highest BCUT2D eigenvalue weighted by atomic mass is 15.2. The first kappa shape index (κ1) is 15.9. The summed E-state index contributed by atoms with van der Waals surface area (Å²) in [5.74, 6) is 0.699. The maximum absolute atomic E-state index is 2.42. The number of hydrogen-bond acceptors (Lipinski definition) is 0. The number of aromatic nitrogens is 4. The monoisotopic (exact) mass is 368 g/mol. The molecule has 2 aromatic carbocycles. The first-order valence-electron chi connectivity index (χ1n) is 9.95. The molecular weight excluding hydrogens is 344 g/mol. The van der Waals surface area contributed by atoms with Crippen LogP contribution in [0.2, 0.25) is 0 Å². The standard InChI is InChI=1S/C24H24N4/c1-25-11-13-27(15-25)23-21-17-7-3-5-9-19(17)22(20-10-6-4-8-18(20)21)24(23)28-14-12-26(2)16-28/h3-16,21-24H,1-2H3/q+2. The molecule has 2 atom stereocenters. The minimum absolute atomic E-state index is 0.336. The highest BCUT2D eigenvalue weighted by Crippen LogP contribution is 2.61. The molecular formula is C24H24N4+2. The van der Waals surface area contributed by atoms with E-state index in [-0.39, 0.29) is 0 Å². The number of fused-ring (bicyclic) bond motifs is 1. The molecule has 7 rings (SSSR count). The minimum atomic E-state index is 0.336. The Morgan fingerprint density at radius 3 is 1.25 bits per heavy atom. The second-order valence-corrected chi connectivity index (χ2v) is 8.25. The fourth-order valence-electron chi connectivity index (χ4n) is 5.61. The normalized spacial score (nSPS) is 24.8. The molecule has 0 fully saturated rings. The summed E-state index contributed by atoms with van der Waals surface area (Å²) in [6.45, 7) is 0. The van der Waals surface area contributed by atoms with E-state index in [9.17, 15) is 0 Å². The summed E-state index contributed by atoms with van der Waals surface area (Å²) >= 11 is 0. The zero-order valence-electron chi connectivity index (χ0n) is 16.2. The second kappa shape index (κ2) is 5.68. The molecule has 4 heteroatoms. The molecule has 0 aliphatic heterocycles. The molecule has 0 amide bonds. The van der Waals surface area contributed by atoms with Gasteiger partial charge in [-0.15, -0.1) is 0 Å². The largest absolute Gasteiger partial charge is 0.243 e. The number of nitrogens with zero attached hydrogens (tertiary/aromatic N) is 4. The predicted molar refractivity (Wildman–Crippen MR) is 106 cm³/mol. The smallest absolute Gasteiger partial charge is 0.240 e. The maximum Gasteiger partial charge on any atom is 0.243 e. The van der Waals surface area contributed by atoms with Crippen LogP contribution in [0.5, 0.6) is 0 Å². The average Bonchev–Trinajstić information content (AvgIpc) is 3.35. The maximum atomic E-state index is 2.42. The van der Waals surface area contributed by atoms with Crippen LogP contribution in [0.25, 0.3) is 0 Å². The van der Waals surface area contributed by atoms with E-state index < -0.39 is 0 Å². The highest BCUT2D eigenvalue weighted by molar-refractivity contribution is 5.57. The molecule has 138 valence electrons. The topological polar surface area (TPSA) is 17.6 Å². The van der Waals surface area contributed by atoms with Crippen molar-refractivity contribution in [3.8, 4) is 0 Å². The number of rotatable bonds is 2. The highest BCUT2D eigenvalue weighted by Gasteiger charge is 2.55. The molecule has 0 saturated carbocycles. The minimum Gasteiger partial charge on any atom is -0.240 e. The fourth-order valence-corrected chi connectivity index (χ4v) is 5.61. The Balaban J connectivity index is 1.67. The van der Waals surface area contributed by atoms with E-state index in [2.05, 4.69) is 118 Å². The molecule has 4 aromatic rings. The Labute approximate surface area is 164 Å². The molecule has 0 saturated heterocycles. The summed E-state index contributed by atoms with van der Waals surface area (Å²) in [7, 11) is 4.20. The van der Waals surface area contributed by atoms with Gasteiger partial charge >= 0.3 is 0 Å². The quantitative estimate of drug-likeness (QED) is 0.484. The van der Waals surface area contributed by atoms with Crippen molar-refractivity contribution < 1.29 is 9.13 Å². The molecule has 0 N–H and O–H groups in total. The molecule has 2 heterocycles. The van der Waals surface area contributed by atoms with Gasteiger partial charge in [0.15, 0.2) is 12.1 Å². The second-order valence-electron chi connectivity index (χ2n) is 8.25. The van der Waals surface area contributed by atoms with Crippen LogP contribution in [0.3, 0.4) is 0 Å². The van der Waals surface area contributed by atoms with Crippen LogP contribution in [-0.4, -0.2) is 9.13 Å². The van der Waals surface area contributed by atoms with Crippen LogP contribution in [0.1, 0.15) is 46.2 Å². The van der Waals surface area contributed by atoms with E-state index in [1.807, 2.05) is 0 Å². The van der Waals surface area contributed by atoms with Crippen molar-refractivity contribution in [1.29, 1.82) is 0 Å². The molecule has 2 aromatic heterocycles. The number of benzene rings is 2. The van der Waals surface area contributed by atoms with E-state index in [0.29, 0.717) is 23.9 Å². The van der Waals surface area contributed by atoms with Crippen LogP contribution >= 0.6 is 0 Å². The van der Waals surface area contributed by atoms with Crippen molar-refractivity contribution in [2.45, 2.75) is 23.9 Å². The Morgan fingerprint density at radius 1 is 0.607 bits per heavy atom. The Hall–Kier alpha value is -3.14. The number of aryl methyl sites for hydroxylation is 2. The molecule has 0 radical (unpaired) electrons. The molecule has 3 aliphatic rings. The van der Waals surface area contributed by atoms with Crippen LogP contribution < -0.4 is 9.13 Å². The van der Waals surface area contributed by atoms with Gasteiger partial charge in [-0.3, -0.25) is 0 Å². The van der Waals surface area contributed by atoms with Crippen molar-refractivity contribution in [3.63, 3.8) is 0 Å². The van der Waals surface area contributed by atoms with Gasteiger partial charge in [-0.1, -0.05) is 48.5 Å². The summed E-state index contributed by atoms with van der Waals surface area (Å²) in [6, 6.07) is 18.8. The van der Waals surface area contributed by atoms with E-state index in [1.165, 1.54) is 22.3 Å². The molecule has 2 bridgehead atoms. The SMILES string of the molecule is C[n+]1ccn(C2C3c4ccccc4C(c4ccccc43)C2n2cc[n+](C)c2)c1. The fraction of sp³-hybridized carbons (Fsp3) is 0.250. The van der Waals surface area contributed by atoms with Crippen molar-refractivity contribution >= 4 is 0 Å². The summed E-state index contributed by atoms with van der Waals surface area (Å²) in [5, 5.41) is 0. The lowest BCUT2D eigenvalue weighted by Gasteiger charge is -2.47. The van der Waals surface area contributed by atoms with Crippen molar-refractivity contribution in [3.05, 3.63) is 108 Å². The lowest BCUT2D eigenvalue weighted by Crippen LogP contribution is -2.42. The van der Waals surface area contributed by atoms with E-state index in [0.717, 1.165) is 0 Å². The number of imidazole rings is 2. The van der Waals surface area contributed by atoms with E-state index >= 15 is 0 Å². The van der Waals surface area contributed by atoms with Crippen LogP contribution in [0.15, 0.2) is 86.0 Å². The third-order valence-corrected chi connectivity index (χ3v) is 6.63. The van der Waals surface area contributed by atoms with Gasteiger partial charge in [-0.2, -0.15) is 0 Å². The lowest BCUT2D eigenvalue weighted by atomic mass is 9.59. The molecule has 28 heavy (non-hydrogen) atoms. The first-order chi connectivity index (χ1) is 13.7. The summed E-state index contributed by atoms with van der Waals surface area (Å²) < 4.78 is 9.14. The van der Waals surface area contributed by atoms with Crippen molar-refractivity contribution in [2.75, 3.05) is 0 Å². The van der Waals surface area contributed by atoms with Gasteiger partial charge in [0.1, 0.15) is 24.8 Å². The molecule has 2 unspecified atom stereocenters. The first-order valence-corrected chi connectivity index (χ1v) is 9.95. The van der Waals surface area contributed by atoms with Crippen molar-refractivity contribution in [2.24, 2.45) is 14.1 Å². The van der Waals surface area contributed by atoms with Gasteiger partial charge in [0.2, 0.25) is 12.7 Å². The molecule has 0 spiro atoms. The van der Waals surface area contributed by atoms with Gasteiger partial charge in [0.05, 0.1) is 25.9 Å². The summed E-state index contributed by atoms with van der Waals surface area (Å²) in [6.07, 6.45) is 13.2. The third kappa shape index (κ3) is 2.06. The van der Waals surface area contributed by atoms with Gasteiger partial charge in [-0.05, 0) is 22.3 Å². The van der Waals surface area contributed by atoms with Crippen LogP contribution in [-0.2, 0) is 14.1 Å². The Bertz CT molecular complexity index is 1040. The number of hydrogen-bond donors (Lipinski definition) is 0. The predicted octanol–water partition coefficient (Wildman–Crippen LogP) is 3.01. The van der Waals surface area contributed by atoms with E-state index in [1.54, 1.807) is 0 Å². The average molecular weight is 368 g/mol. The van der Waals surface area contributed by atoms with E-state index in [4.69, 9.17) is 0 Å². The lowest BCUT2D eigenvalue weighted by molar-refractivity contribution is -0.671. The third-order valence-electron chi connectivity index (χ3n) is 6.63. The van der Waals surface area contributed by atoms with Gasteiger partial charge in [-0.25, -0.2) is 18.3 Å². The van der Waals surface area contributed by atoms with Crippen molar-refractivity contribution in [1.82, 2.24) is 9.13 Å². The molecule has 3 aliphatic carbocycles. The molecule has 4 nitrogen and oxygen atoms in total. The Morgan fingerprint density at radius 2 is 0.964 bits per heavy atom. The van der Waals surface area contributed by atoms with Gasteiger partial charge in [0, 0.05) is 0 Å². The summed E-state index contributed by atoms with van der Waals surface area (Å²) in [4.78, 5) is 0. The Kier molecular flexibility index (Phi) is 3.22. The zero-order valence-corrected chi connectivity index (χ0v) is 16.2. The van der Waals surface area contributed by atoms with Crippen LogP contribution in [0.4, 0.5) is 0 Å². The van der Waals surface area contributed by atoms with Gasteiger partial charge in [0.25, 0.3) is 0 Å². The van der Waals surface area contributed by atoms with Crippen LogP contribution in [0, 0.1) is 0 Å².